The van der Waals surface area contributed by atoms with E-state index in [4.69, 9.17) is 10.5 Å². The average Bonchev–Trinajstić information content (AvgIpc) is 2.40. The van der Waals surface area contributed by atoms with Crippen LogP contribution in [-0.2, 0) is 0 Å². The maximum Gasteiger partial charge on any atom is 0.271 e. The zero-order valence-corrected chi connectivity index (χ0v) is 11.1. The van der Waals surface area contributed by atoms with Gasteiger partial charge >= 0.3 is 0 Å². The van der Waals surface area contributed by atoms with Gasteiger partial charge in [0, 0.05) is 5.69 Å². The number of nitrogen functional groups attached to an aromatic ring is 1. The number of pyridine rings is 1. The van der Waals surface area contributed by atoms with E-state index < -0.39 is 0 Å². The molecule has 0 spiro atoms. The van der Waals surface area contributed by atoms with E-state index in [1.165, 1.54) is 0 Å². The Hall–Kier alpha value is -2.23. The molecule has 1 heterocycles. The highest BCUT2D eigenvalue weighted by molar-refractivity contribution is 5.61. The molecule has 0 aliphatic rings. The molecule has 2 aromatic rings. The topological polar surface area (TPSA) is 68.1 Å². The minimum Gasteiger partial charge on any atom is -0.493 e. The number of aromatic amines is 1. The Morgan fingerprint density at radius 2 is 1.84 bits per heavy atom. The van der Waals surface area contributed by atoms with Crippen LogP contribution in [0.2, 0.25) is 0 Å². The highest BCUT2D eigenvalue weighted by Crippen LogP contribution is 2.20. The largest absolute Gasteiger partial charge is 0.493 e. The van der Waals surface area contributed by atoms with Crippen molar-refractivity contribution >= 4 is 5.69 Å². The minimum atomic E-state index is -0.266. The summed E-state index contributed by atoms with van der Waals surface area (Å²) in [6, 6.07) is 11.0. The third-order valence-electron chi connectivity index (χ3n) is 2.69. The molecule has 0 saturated carbocycles. The number of nitrogens with one attached hydrogen (secondary N) is 1. The Morgan fingerprint density at radius 1 is 1.16 bits per heavy atom. The van der Waals surface area contributed by atoms with E-state index in [0.717, 1.165) is 17.0 Å². The summed E-state index contributed by atoms with van der Waals surface area (Å²) in [7, 11) is 0. The van der Waals surface area contributed by atoms with Gasteiger partial charge in [0.25, 0.3) is 5.56 Å². The molecule has 0 aliphatic heterocycles. The Labute approximate surface area is 112 Å². The zero-order valence-electron chi connectivity index (χ0n) is 11.1. The van der Waals surface area contributed by atoms with Crippen LogP contribution in [0.5, 0.6) is 5.75 Å². The van der Waals surface area contributed by atoms with Crippen molar-refractivity contribution in [3.8, 4) is 17.0 Å². The van der Waals surface area contributed by atoms with Crippen LogP contribution in [0.25, 0.3) is 11.3 Å². The molecule has 0 fully saturated rings. The third-order valence-corrected chi connectivity index (χ3v) is 2.69. The first-order valence-corrected chi connectivity index (χ1v) is 6.28. The molecule has 1 aromatic heterocycles. The van der Waals surface area contributed by atoms with Gasteiger partial charge < -0.3 is 15.5 Å². The first-order valence-electron chi connectivity index (χ1n) is 6.28. The molecule has 0 bridgehead atoms. The number of anilines is 1. The SMILES string of the molecule is CC(C)COc1ccc(-c2ccc(N)c(=O)[nH]2)cc1. The number of rotatable bonds is 4. The highest BCUT2D eigenvalue weighted by Gasteiger charge is 2.02. The van der Waals surface area contributed by atoms with Gasteiger partial charge in [-0.25, -0.2) is 0 Å². The molecule has 0 atom stereocenters. The Balaban J connectivity index is 2.17. The first kappa shape index (κ1) is 13.2. The summed E-state index contributed by atoms with van der Waals surface area (Å²) in [5.41, 5.74) is 7.12. The van der Waals surface area contributed by atoms with E-state index in [0.29, 0.717) is 12.5 Å². The molecule has 0 amide bonds. The summed E-state index contributed by atoms with van der Waals surface area (Å²) in [5, 5.41) is 0. The molecule has 4 heteroatoms. The molecule has 3 N–H and O–H groups in total. The molecule has 2 rings (SSSR count). The quantitative estimate of drug-likeness (QED) is 0.885. The van der Waals surface area contributed by atoms with Crippen LogP contribution in [0.1, 0.15) is 13.8 Å². The average molecular weight is 258 g/mol. The van der Waals surface area contributed by atoms with Crippen molar-refractivity contribution < 1.29 is 4.74 Å². The van der Waals surface area contributed by atoms with Crippen molar-refractivity contribution in [3.05, 3.63) is 46.8 Å². The fourth-order valence-corrected chi connectivity index (χ4v) is 1.65. The zero-order chi connectivity index (χ0) is 13.8. The van der Waals surface area contributed by atoms with Gasteiger partial charge in [0.2, 0.25) is 0 Å². The number of hydrogen-bond acceptors (Lipinski definition) is 3. The number of H-pyrrole nitrogens is 1. The Bertz CT molecular complexity index is 600. The van der Waals surface area contributed by atoms with Crippen molar-refractivity contribution in [2.75, 3.05) is 12.3 Å². The molecule has 0 saturated heterocycles. The molecular weight excluding hydrogens is 240 g/mol. The maximum absolute atomic E-state index is 11.5. The smallest absolute Gasteiger partial charge is 0.271 e. The van der Waals surface area contributed by atoms with Crippen LogP contribution in [-0.4, -0.2) is 11.6 Å². The van der Waals surface area contributed by atoms with Gasteiger partial charge in [-0.05, 0) is 47.9 Å². The van der Waals surface area contributed by atoms with Gasteiger partial charge in [-0.3, -0.25) is 4.79 Å². The van der Waals surface area contributed by atoms with Gasteiger partial charge in [-0.15, -0.1) is 0 Å². The normalized spacial score (nSPS) is 10.7. The van der Waals surface area contributed by atoms with Crippen LogP contribution < -0.4 is 16.0 Å². The second-order valence-corrected chi connectivity index (χ2v) is 4.89. The molecule has 1 aromatic carbocycles. The number of nitrogens with two attached hydrogens (primary N) is 1. The van der Waals surface area contributed by atoms with Gasteiger partial charge in [0.05, 0.1) is 12.3 Å². The first-order chi connectivity index (χ1) is 9.06. The van der Waals surface area contributed by atoms with E-state index >= 15 is 0 Å². The van der Waals surface area contributed by atoms with Gasteiger partial charge in [0.15, 0.2) is 0 Å². The fraction of sp³-hybridized carbons (Fsp3) is 0.267. The highest BCUT2D eigenvalue weighted by atomic mass is 16.5. The number of aromatic nitrogens is 1. The van der Waals surface area contributed by atoms with Crippen molar-refractivity contribution in [2.24, 2.45) is 5.92 Å². The fourth-order valence-electron chi connectivity index (χ4n) is 1.65. The summed E-state index contributed by atoms with van der Waals surface area (Å²) in [4.78, 5) is 14.2. The minimum absolute atomic E-state index is 0.223. The van der Waals surface area contributed by atoms with Crippen LogP contribution in [0.4, 0.5) is 5.69 Å². The lowest BCUT2D eigenvalue weighted by atomic mass is 10.1. The van der Waals surface area contributed by atoms with Gasteiger partial charge in [-0.2, -0.15) is 0 Å². The Kier molecular flexibility index (Phi) is 3.90. The second kappa shape index (κ2) is 5.61. The van der Waals surface area contributed by atoms with Crippen molar-refractivity contribution in [1.82, 2.24) is 4.98 Å². The standard InChI is InChI=1S/C15H18N2O2/c1-10(2)9-19-12-5-3-11(4-6-12)14-8-7-13(16)15(18)17-14/h3-8,10H,9,16H2,1-2H3,(H,17,18). The summed E-state index contributed by atoms with van der Waals surface area (Å²) in [6.07, 6.45) is 0. The lowest BCUT2D eigenvalue weighted by Gasteiger charge is -2.09. The molecule has 100 valence electrons. The van der Waals surface area contributed by atoms with Gasteiger partial charge in [-0.1, -0.05) is 13.8 Å². The molecule has 0 aliphatic carbocycles. The third kappa shape index (κ3) is 3.37. The number of benzene rings is 1. The van der Waals surface area contributed by atoms with Gasteiger partial charge in [0.1, 0.15) is 5.75 Å². The molecule has 4 nitrogen and oxygen atoms in total. The maximum atomic E-state index is 11.5. The van der Waals surface area contributed by atoms with Crippen molar-refractivity contribution in [1.29, 1.82) is 0 Å². The van der Waals surface area contributed by atoms with Crippen LogP contribution in [0.3, 0.4) is 0 Å². The van der Waals surface area contributed by atoms with Crippen molar-refractivity contribution in [2.45, 2.75) is 13.8 Å². The summed E-state index contributed by atoms with van der Waals surface area (Å²) in [6.45, 7) is 4.90. The molecule has 0 radical (unpaired) electrons. The number of ether oxygens (including phenoxy) is 1. The van der Waals surface area contributed by atoms with E-state index in [2.05, 4.69) is 18.8 Å². The van der Waals surface area contributed by atoms with E-state index in [1.807, 2.05) is 24.3 Å². The van der Waals surface area contributed by atoms with Crippen LogP contribution in [0.15, 0.2) is 41.2 Å². The van der Waals surface area contributed by atoms with E-state index in [1.54, 1.807) is 12.1 Å². The van der Waals surface area contributed by atoms with E-state index in [-0.39, 0.29) is 11.2 Å². The second-order valence-electron chi connectivity index (χ2n) is 4.89. The predicted molar refractivity (Wildman–Crippen MR) is 77.2 cm³/mol. The lowest BCUT2D eigenvalue weighted by Crippen LogP contribution is -2.11. The molecule has 0 unspecified atom stereocenters. The molecular formula is C15H18N2O2. The van der Waals surface area contributed by atoms with E-state index in [9.17, 15) is 4.79 Å². The van der Waals surface area contributed by atoms with Crippen LogP contribution >= 0.6 is 0 Å². The predicted octanol–water partition coefficient (Wildman–Crippen LogP) is 2.66. The van der Waals surface area contributed by atoms with Crippen LogP contribution in [0, 0.1) is 5.92 Å². The van der Waals surface area contributed by atoms with Crippen molar-refractivity contribution in [3.63, 3.8) is 0 Å². The molecule has 19 heavy (non-hydrogen) atoms. The number of hydrogen-bond donors (Lipinski definition) is 2. The summed E-state index contributed by atoms with van der Waals surface area (Å²) in [5.74, 6) is 1.32. The summed E-state index contributed by atoms with van der Waals surface area (Å²) < 4.78 is 5.61. The lowest BCUT2D eigenvalue weighted by molar-refractivity contribution is 0.271. The monoisotopic (exact) mass is 258 g/mol. The summed E-state index contributed by atoms with van der Waals surface area (Å²) >= 11 is 0. The Morgan fingerprint density at radius 3 is 2.42 bits per heavy atom.